The number of carbonyl (C=O) groups is 2. The maximum absolute atomic E-state index is 12.3. The number of halogens is 1. The standard InChI is InChI=1S/C18H15BrN4O3/c1-26-12-7-8-14(19)13(9-12)17(24)22-23-18(25)16-10-15(20-21-16)11-5-3-2-4-6-11/h2-10H,1H3,(H,20,21)(H,22,24)(H,23,25). The first kappa shape index (κ1) is 17.7. The van der Waals surface area contributed by atoms with Crippen LogP contribution < -0.4 is 15.6 Å². The molecule has 0 radical (unpaired) electrons. The molecule has 0 aliphatic rings. The molecule has 2 amide bonds. The molecule has 1 heterocycles. The summed E-state index contributed by atoms with van der Waals surface area (Å²) in [4.78, 5) is 24.5. The van der Waals surface area contributed by atoms with Gasteiger partial charge < -0.3 is 4.74 Å². The van der Waals surface area contributed by atoms with Gasteiger partial charge in [-0.25, -0.2) is 0 Å². The van der Waals surface area contributed by atoms with Crippen LogP contribution in [0.15, 0.2) is 59.1 Å². The highest BCUT2D eigenvalue weighted by Gasteiger charge is 2.15. The average molecular weight is 415 g/mol. The first-order valence-electron chi connectivity index (χ1n) is 7.63. The molecular formula is C18H15BrN4O3. The van der Waals surface area contributed by atoms with E-state index in [0.29, 0.717) is 21.5 Å². The highest BCUT2D eigenvalue weighted by molar-refractivity contribution is 9.10. The maximum atomic E-state index is 12.3. The SMILES string of the molecule is COc1ccc(Br)c(C(=O)NNC(=O)c2cc(-c3ccccc3)n[nH]2)c1. The molecule has 3 aromatic rings. The molecule has 0 saturated heterocycles. The number of nitrogens with one attached hydrogen (secondary N) is 3. The summed E-state index contributed by atoms with van der Waals surface area (Å²) in [5, 5.41) is 6.76. The van der Waals surface area contributed by atoms with Gasteiger partial charge in [-0.1, -0.05) is 30.3 Å². The van der Waals surface area contributed by atoms with Crippen molar-refractivity contribution in [2.24, 2.45) is 0 Å². The van der Waals surface area contributed by atoms with Crippen molar-refractivity contribution in [1.82, 2.24) is 21.0 Å². The minimum atomic E-state index is -0.507. The van der Waals surface area contributed by atoms with Gasteiger partial charge in [0.2, 0.25) is 0 Å². The largest absolute Gasteiger partial charge is 0.497 e. The van der Waals surface area contributed by atoms with E-state index in [1.165, 1.54) is 7.11 Å². The summed E-state index contributed by atoms with van der Waals surface area (Å²) >= 11 is 3.30. The molecule has 26 heavy (non-hydrogen) atoms. The zero-order valence-corrected chi connectivity index (χ0v) is 15.3. The Hall–Kier alpha value is -3.13. The summed E-state index contributed by atoms with van der Waals surface area (Å²) in [5.41, 5.74) is 6.80. The Labute approximate surface area is 157 Å². The topological polar surface area (TPSA) is 96.1 Å². The fourth-order valence-corrected chi connectivity index (χ4v) is 2.68. The van der Waals surface area contributed by atoms with Gasteiger partial charge in [-0.05, 0) is 40.2 Å². The van der Waals surface area contributed by atoms with Crippen LogP contribution in [0.25, 0.3) is 11.3 Å². The van der Waals surface area contributed by atoms with Crippen LogP contribution in [0.2, 0.25) is 0 Å². The Bertz CT molecular complexity index is 941. The second-order valence-corrected chi connectivity index (χ2v) is 6.14. The van der Waals surface area contributed by atoms with Crippen molar-refractivity contribution in [3.8, 4) is 17.0 Å². The Morgan fingerprint density at radius 3 is 2.50 bits per heavy atom. The lowest BCUT2D eigenvalue weighted by Crippen LogP contribution is -2.41. The second-order valence-electron chi connectivity index (χ2n) is 5.29. The molecule has 8 heteroatoms. The molecule has 0 aliphatic carbocycles. The normalized spacial score (nSPS) is 10.2. The molecule has 0 aliphatic heterocycles. The predicted molar refractivity (Wildman–Crippen MR) is 99.7 cm³/mol. The number of nitrogens with zero attached hydrogens (tertiary/aromatic N) is 1. The number of amides is 2. The van der Waals surface area contributed by atoms with Gasteiger partial charge in [0.15, 0.2) is 0 Å². The number of hydrogen-bond donors (Lipinski definition) is 3. The number of aromatic amines is 1. The van der Waals surface area contributed by atoms with E-state index < -0.39 is 11.8 Å². The highest BCUT2D eigenvalue weighted by Crippen LogP contribution is 2.22. The average Bonchev–Trinajstić information content (AvgIpc) is 3.17. The minimum absolute atomic E-state index is 0.230. The number of methoxy groups -OCH3 is 1. The van der Waals surface area contributed by atoms with Gasteiger partial charge in [0.25, 0.3) is 11.8 Å². The number of carbonyl (C=O) groups excluding carboxylic acids is 2. The van der Waals surface area contributed by atoms with Gasteiger partial charge >= 0.3 is 0 Å². The van der Waals surface area contributed by atoms with E-state index in [9.17, 15) is 9.59 Å². The molecule has 2 aromatic carbocycles. The molecule has 3 rings (SSSR count). The van der Waals surface area contributed by atoms with Crippen LogP contribution in [0.5, 0.6) is 5.75 Å². The lowest BCUT2D eigenvalue weighted by Gasteiger charge is -2.09. The van der Waals surface area contributed by atoms with Crippen LogP contribution in [-0.2, 0) is 0 Å². The van der Waals surface area contributed by atoms with Gasteiger partial charge in [-0.3, -0.25) is 25.5 Å². The van der Waals surface area contributed by atoms with Crippen molar-refractivity contribution in [1.29, 1.82) is 0 Å². The zero-order chi connectivity index (χ0) is 18.5. The lowest BCUT2D eigenvalue weighted by atomic mass is 10.1. The van der Waals surface area contributed by atoms with Crippen molar-refractivity contribution >= 4 is 27.7 Å². The molecule has 0 spiro atoms. The van der Waals surface area contributed by atoms with Crippen LogP contribution in [-0.4, -0.2) is 29.1 Å². The van der Waals surface area contributed by atoms with Gasteiger partial charge in [0.05, 0.1) is 18.4 Å². The van der Waals surface area contributed by atoms with Crippen LogP contribution in [0.3, 0.4) is 0 Å². The third-order valence-electron chi connectivity index (χ3n) is 3.60. The van der Waals surface area contributed by atoms with E-state index in [4.69, 9.17) is 4.74 Å². The van der Waals surface area contributed by atoms with Crippen LogP contribution in [0.4, 0.5) is 0 Å². The van der Waals surface area contributed by atoms with Gasteiger partial charge in [0, 0.05) is 10.0 Å². The summed E-state index contributed by atoms with van der Waals surface area (Å²) in [6.07, 6.45) is 0. The van der Waals surface area contributed by atoms with E-state index in [2.05, 4.69) is 37.0 Å². The first-order valence-corrected chi connectivity index (χ1v) is 8.43. The molecule has 0 unspecified atom stereocenters. The van der Waals surface area contributed by atoms with Crippen molar-refractivity contribution in [3.63, 3.8) is 0 Å². The van der Waals surface area contributed by atoms with Crippen molar-refractivity contribution in [2.45, 2.75) is 0 Å². The number of rotatable bonds is 4. The van der Waals surface area contributed by atoms with E-state index >= 15 is 0 Å². The highest BCUT2D eigenvalue weighted by atomic mass is 79.9. The minimum Gasteiger partial charge on any atom is -0.497 e. The number of benzene rings is 2. The number of ether oxygens (including phenoxy) is 1. The molecule has 132 valence electrons. The molecular weight excluding hydrogens is 400 g/mol. The summed E-state index contributed by atoms with van der Waals surface area (Å²) < 4.78 is 5.68. The summed E-state index contributed by atoms with van der Waals surface area (Å²) in [6, 6.07) is 16.0. The summed E-state index contributed by atoms with van der Waals surface area (Å²) in [5.74, 6) is -0.454. The monoisotopic (exact) mass is 414 g/mol. The van der Waals surface area contributed by atoms with E-state index in [1.54, 1.807) is 24.3 Å². The molecule has 1 aromatic heterocycles. The maximum Gasteiger partial charge on any atom is 0.287 e. The van der Waals surface area contributed by atoms with Crippen molar-refractivity contribution in [2.75, 3.05) is 7.11 Å². The Morgan fingerprint density at radius 1 is 1.04 bits per heavy atom. The van der Waals surface area contributed by atoms with E-state index in [1.807, 2.05) is 30.3 Å². The molecule has 0 fully saturated rings. The molecule has 3 N–H and O–H groups in total. The lowest BCUT2D eigenvalue weighted by molar-refractivity contribution is 0.0843. The van der Waals surface area contributed by atoms with Crippen molar-refractivity contribution < 1.29 is 14.3 Å². The van der Waals surface area contributed by atoms with Crippen LogP contribution >= 0.6 is 15.9 Å². The van der Waals surface area contributed by atoms with Gasteiger partial charge in [-0.2, -0.15) is 5.10 Å². The van der Waals surface area contributed by atoms with E-state index in [0.717, 1.165) is 5.56 Å². The van der Waals surface area contributed by atoms with E-state index in [-0.39, 0.29) is 5.69 Å². The van der Waals surface area contributed by atoms with Gasteiger partial charge in [0.1, 0.15) is 11.4 Å². The summed E-state index contributed by atoms with van der Waals surface area (Å²) in [7, 11) is 1.51. The molecule has 0 bridgehead atoms. The third kappa shape index (κ3) is 3.92. The second kappa shape index (κ2) is 7.83. The molecule has 7 nitrogen and oxygen atoms in total. The summed E-state index contributed by atoms with van der Waals surface area (Å²) in [6.45, 7) is 0. The number of H-pyrrole nitrogens is 1. The third-order valence-corrected chi connectivity index (χ3v) is 4.29. The molecule has 0 atom stereocenters. The van der Waals surface area contributed by atoms with Crippen LogP contribution in [0.1, 0.15) is 20.8 Å². The number of hydrazine groups is 1. The molecule has 0 saturated carbocycles. The number of aromatic nitrogens is 2. The zero-order valence-electron chi connectivity index (χ0n) is 13.7. The first-order chi connectivity index (χ1) is 12.6. The quantitative estimate of drug-likeness (QED) is 0.571. The van der Waals surface area contributed by atoms with Crippen LogP contribution in [0, 0.1) is 0 Å². The Morgan fingerprint density at radius 2 is 1.77 bits per heavy atom. The number of hydrogen-bond acceptors (Lipinski definition) is 4. The van der Waals surface area contributed by atoms with Gasteiger partial charge in [-0.15, -0.1) is 0 Å². The van der Waals surface area contributed by atoms with Crippen molar-refractivity contribution in [3.05, 3.63) is 70.3 Å². The Kier molecular flexibility index (Phi) is 5.33. The Balaban J connectivity index is 1.66. The smallest absolute Gasteiger partial charge is 0.287 e. The predicted octanol–water partition coefficient (Wildman–Crippen LogP) is 2.92. The fraction of sp³-hybridized carbons (Fsp3) is 0.0556. The fourth-order valence-electron chi connectivity index (χ4n) is 2.25.